The molecule has 0 aromatic carbocycles. The third kappa shape index (κ3) is 3.34. The van der Waals surface area contributed by atoms with Crippen LogP contribution in [0.15, 0.2) is 23.5 Å². The van der Waals surface area contributed by atoms with E-state index < -0.39 is 10.0 Å². The van der Waals surface area contributed by atoms with Crippen molar-refractivity contribution in [3.05, 3.63) is 29.3 Å². The number of hydrogen-bond acceptors (Lipinski definition) is 4. The van der Waals surface area contributed by atoms with Crippen LogP contribution in [-0.2, 0) is 23.6 Å². The number of rotatable bonds is 5. The third-order valence-electron chi connectivity index (χ3n) is 2.49. The standard InChI is InChI=1S/C10H14ClN5O2S/c1-8-10(7-15(2)14-8)19(17,18)13-3-4-16-6-9(11)5-12-16/h5-7,13H,3-4H2,1-2H3. The van der Waals surface area contributed by atoms with E-state index in [9.17, 15) is 8.42 Å². The molecular formula is C10H14ClN5O2S. The van der Waals surface area contributed by atoms with E-state index in [1.165, 1.54) is 17.1 Å². The highest BCUT2D eigenvalue weighted by Gasteiger charge is 2.19. The van der Waals surface area contributed by atoms with E-state index in [4.69, 9.17) is 11.6 Å². The molecule has 2 aromatic rings. The molecule has 7 nitrogen and oxygen atoms in total. The molecule has 1 N–H and O–H groups in total. The van der Waals surface area contributed by atoms with Gasteiger partial charge < -0.3 is 0 Å². The summed E-state index contributed by atoms with van der Waals surface area (Å²) in [6.45, 7) is 2.29. The van der Waals surface area contributed by atoms with Gasteiger partial charge in [-0.1, -0.05) is 11.6 Å². The van der Waals surface area contributed by atoms with Crippen molar-refractivity contribution < 1.29 is 8.42 Å². The first-order valence-electron chi connectivity index (χ1n) is 5.56. The van der Waals surface area contributed by atoms with Crippen molar-refractivity contribution in [2.75, 3.05) is 6.54 Å². The second-order valence-electron chi connectivity index (χ2n) is 4.07. The normalized spacial score (nSPS) is 11.9. The van der Waals surface area contributed by atoms with Gasteiger partial charge in [-0.2, -0.15) is 10.2 Å². The van der Waals surface area contributed by atoms with E-state index in [1.807, 2.05) is 0 Å². The number of aryl methyl sites for hydroxylation is 2. The zero-order valence-corrected chi connectivity index (χ0v) is 12.1. The average molecular weight is 304 g/mol. The van der Waals surface area contributed by atoms with E-state index in [1.54, 1.807) is 24.9 Å². The zero-order valence-electron chi connectivity index (χ0n) is 10.5. The van der Waals surface area contributed by atoms with Crippen LogP contribution in [0.3, 0.4) is 0 Å². The van der Waals surface area contributed by atoms with Crippen molar-refractivity contribution in [2.24, 2.45) is 7.05 Å². The van der Waals surface area contributed by atoms with Crippen molar-refractivity contribution in [3.63, 3.8) is 0 Å². The molecule has 2 aromatic heterocycles. The van der Waals surface area contributed by atoms with E-state index in [0.717, 1.165) is 0 Å². The SMILES string of the molecule is Cc1nn(C)cc1S(=O)(=O)NCCn1cc(Cl)cn1. The van der Waals surface area contributed by atoms with Gasteiger partial charge in [0, 0.05) is 26.0 Å². The molecule has 2 rings (SSSR count). The van der Waals surface area contributed by atoms with Crippen molar-refractivity contribution in [2.45, 2.75) is 18.4 Å². The minimum absolute atomic E-state index is 0.188. The monoisotopic (exact) mass is 303 g/mol. The maximum absolute atomic E-state index is 12.0. The van der Waals surface area contributed by atoms with Gasteiger partial charge in [-0.3, -0.25) is 9.36 Å². The fourth-order valence-electron chi connectivity index (χ4n) is 1.67. The van der Waals surface area contributed by atoms with Crippen LogP contribution >= 0.6 is 11.6 Å². The van der Waals surface area contributed by atoms with E-state index >= 15 is 0 Å². The van der Waals surface area contributed by atoms with Gasteiger partial charge in [0.25, 0.3) is 0 Å². The first kappa shape index (κ1) is 14.0. The summed E-state index contributed by atoms with van der Waals surface area (Å²) in [7, 11) is -1.86. The van der Waals surface area contributed by atoms with Crippen molar-refractivity contribution in [1.29, 1.82) is 0 Å². The summed E-state index contributed by atoms with van der Waals surface area (Å²) in [4.78, 5) is 0.188. The lowest BCUT2D eigenvalue weighted by molar-refractivity contribution is 0.560. The summed E-state index contributed by atoms with van der Waals surface area (Å²) < 4.78 is 29.6. The number of halogens is 1. The van der Waals surface area contributed by atoms with Crippen LogP contribution < -0.4 is 4.72 Å². The molecule has 9 heteroatoms. The smallest absolute Gasteiger partial charge is 0.244 e. The lowest BCUT2D eigenvalue weighted by Gasteiger charge is -2.05. The third-order valence-corrected chi connectivity index (χ3v) is 4.25. The Morgan fingerprint density at radius 2 is 2.16 bits per heavy atom. The highest BCUT2D eigenvalue weighted by Crippen LogP contribution is 2.12. The summed E-state index contributed by atoms with van der Waals surface area (Å²) in [6, 6.07) is 0. The predicted octanol–water partition coefficient (Wildman–Crippen LogP) is 0.557. The van der Waals surface area contributed by atoms with Crippen molar-refractivity contribution >= 4 is 21.6 Å². The fraction of sp³-hybridized carbons (Fsp3) is 0.400. The molecule has 0 amide bonds. The van der Waals surface area contributed by atoms with Crippen LogP contribution in [-0.4, -0.2) is 34.5 Å². The van der Waals surface area contributed by atoms with E-state index in [2.05, 4.69) is 14.9 Å². The van der Waals surface area contributed by atoms with Crippen LogP contribution in [0.25, 0.3) is 0 Å². The van der Waals surface area contributed by atoms with Gasteiger partial charge in [-0.25, -0.2) is 13.1 Å². The molecule has 0 aliphatic heterocycles. The molecule has 0 unspecified atom stereocenters. The van der Waals surface area contributed by atoms with Gasteiger partial charge in [0.05, 0.1) is 23.5 Å². The second-order valence-corrected chi connectivity index (χ2v) is 6.24. The number of aromatic nitrogens is 4. The average Bonchev–Trinajstić information content (AvgIpc) is 2.85. The summed E-state index contributed by atoms with van der Waals surface area (Å²) >= 11 is 5.72. The van der Waals surface area contributed by atoms with Gasteiger partial charge in [0.2, 0.25) is 10.0 Å². The van der Waals surface area contributed by atoms with Gasteiger partial charge in [0.1, 0.15) is 4.90 Å². The van der Waals surface area contributed by atoms with Gasteiger partial charge in [-0.05, 0) is 6.92 Å². The maximum Gasteiger partial charge on any atom is 0.244 e. The minimum Gasteiger partial charge on any atom is -0.274 e. The molecule has 0 fully saturated rings. The highest BCUT2D eigenvalue weighted by atomic mass is 35.5. The van der Waals surface area contributed by atoms with Crippen LogP contribution in [0.1, 0.15) is 5.69 Å². The zero-order chi connectivity index (χ0) is 14.0. The Morgan fingerprint density at radius 3 is 2.68 bits per heavy atom. The highest BCUT2D eigenvalue weighted by molar-refractivity contribution is 7.89. The molecule has 104 valence electrons. The molecule has 0 radical (unpaired) electrons. The molecule has 0 saturated heterocycles. The number of hydrogen-bond donors (Lipinski definition) is 1. The topological polar surface area (TPSA) is 81.8 Å². The quantitative estimate of drug-likeness (QED) is 0.875. The molecule has 2 heterocycles. The van der Waals surface area contributed by atoms with Gasteiger partial charge in [0.15, 0.2) is 0 Å². The Kier molecular flexibility index (Phi) is 3.93. The fourth-order valence-corrected chi connectivity index (χ4v) is 3.07. The Bertz CT molecular complexity index is 676. The Labute approximate surface area is 116 Å². The molecule has 0 aliphatic carbocycles. The number of sulfonamides is 1. The second kappa shape index (κ2) is 5.32. The largest absolute Gasteiger partial charge is 0.274 e. The lowest BCUT2D eigenvalue weighted by Crippen LogP contribution is -2.27. The number of nitrogens with one attached hydrogen (secondary N) is 1. The molecule has 0 aliphatic rings. The van der Waals surface area contributed by atoms with Crippen molar-refractivity contribution in [3.8, 4) is 0 Å². The summed E-state index contributed by atoms with van der Waals surface area (Å²) in [5.41, 5.74) is 0.470. The first-order valence-corrected chi connectivity index (χ1v) is 7.42. The summed E-state index contributed by atoms with van der Waals surface area (Å²) in [6.07, 6.45) is 4.61. The molecule has 0 spiro atoms. The summed E-state index contributed by atoms with van der Waals surface area (Å²) in [5.74, 6) is 0. The van der Waals surface area contributed by atoms with Gasteiger partial charge >= 0.3 is 0 Å². The molecule has 0 atom stereocenters. The van der Waals surface area contributed by atoms with Crippen molar-refractivity contribution in [1.82, 2.24) is 24.3 Å². The lowest BCUT2D eigenvalue weighted by atomic mass is 10.5. The summed E-state index contributed by atoms with van der Waals surface area (Å²) in [5, 5.41) is 8.49. The Morgan fingerprint density at radius 1 is 1.42 bits per heavy atom. The van der Waals surface area contributed by atoms with Crippen LogP contribution in [0, 0.1) is 6.92 Å². The van der Waals surface area contributed by atoms with Crippen LogP contribution in [0.5, 0.6) is 0 Å². The maximum atomic E-state index is 12.0. The van der Waals surface area contributed by atoms with Crippen LogP contribution in [0.2, 0.25) is 5.02 Å². The van der Waals surface area contributed by atoms with E-state index in [-0.39, 0.29) is 11.4 Å². The van der Waals surface area contributed by atoms with E-state index in [0.29, 0.717) is 17.3 Å². The molecule has 0 saturated carbocycles. The molecule has 0 bridgehead atoms. The molecular weight excluding hydrogens is 290 g/mol. The number of nitrogens with zero attached hydrogens (tertiary/aromatic N) is 4. The Balaban J connectivity index is 2.00. The predicted molar refractivity (Wildman–Crippen MR) is 70.4 cm³/mol. The first-order chi connectivity index (χ1) is 8.88. The molecule has 19 heavy (non-hydrogen) atoms. The van der Waals surface area contributed by atoms with Crippen LogP contribution in [0.4, 0.5) is 0 Å². The van der Waals surface area contributed by atoms with Gasteiger partial charge in [-0.15, -0.1) is 0 Å². The minimum atomic E-state index is -3.54. The Hall–Kier alpha value is -1.38.